The Morgan fingerprint density at radius 2 is 2.00 bits per heavy atom. The number of nitrogens with zero attached hydrogens (tertiary/aromatic N) is 2. The maximum Gasteiger partial charge on any atom is 0.331 e. The molecule has 0 saturated carbocycles. The fourth-order valence-electron chi connectivity index (χ4n) is 1.80. The molecule has 1 aromatic carbocycles. The van der Waals surface area contributed by atoms with Gasteiger partial charge in [-0.25, -0.2) is 4.79 Å². The molecular weight excluding hydrogens is 224 g/mol. The second-order valence-corrected chi connectivity index (χ2v) is 3.72. The number of fused-ring (bicyclic) bond motifs is 1. The standard InChI is InChI=1S/C11H12N2O4/c1-12-9-3-2-7(15)6-8(9)10(16)13(4-5-14)11(12)17/h2-3,6,14-15H,4-5H2,1H3. The van der Waals surface area contributed by atoms with Gasteiger partial charge in [-0.1, -0.05) is 0 Å². The van der Waals surface area contributed by atoms with E-state index in [4.69, 9.17) is 5.11 Å². The van der Waals surface area contributed by atoms with Gasteiger partial charge < -0.3 is 10.2 Å². The highest BCUT2D eigenvalue weighted by atomic mass is 16.3. The summed E-state index contributed by atoms with van der Waals surface area (Å²) in [5.41, 5.74) is -0.540. The third-order valence-corrected chi connectivity index (χ3v) is 2.66. The summed E-state index contributed by atoms with van der Waals surface area (Å²) in [7, 11) is 1.54. The van der Waals surface area contributed by atoms with E-state index < -0.39 is 11.2 Å². The van der Waals surface area contributed by atoms with Gasteiger partial charge in [-0.2, -0.15) is 0 Å². The molecule has 2 aromatic rings. The largest absolute Gasteiger partial charge is 0.508 e. The number of hydrogen-bond donors (Lipinski definition) is 2. The van der Waals surface area contributed by atoms with Crippen molar-refractivity contribution >= 4 is 10.9 Å². The Bertz CT molecular complexity index is 684. The number of phenolic OH excluding ortho intramolecular Hbond substituents is 1. The van der Waals surface area contributed by atoms with Gasteiger partial charge in [0.15, 0.2) is 0 Å². The van der Waals surface area contributed by atoms with Gasteiger partial charge in [0.05, 0.1) is 24.1 Å². The first-order valence-corrected chi connectivity index (χ1v) is 5.09. The lowest BCUT2D eigenvalue weighted by Gasteiger charge is -2.09. The molecule has 90 valence electrons. The molecule has 0 atom stereocenters. The van der Waals surface area contributed by atoms with Crippen LogP contribution in [0.2, 0.25) is 0 Å². The monoisotopic (exact) mass is 236 g/mol. The Hall–Kier alpha value is -2.08. The molecule has 0 aliphatic heterocycles. The van der Waals surface area contributed by atoms with Crippen molar-refractivity contribution in [3.05, 3.63) is 39.0 Å². The minimum absolute atomic E-state index is 0.0382. The summed E-state index contributed by atoms with van der Waals surface area (Å²) >= 11 is 0. The molecule has 0 unspecified atom stereocenters. The fourth-order valence-corrected chi connectivity index (χ4v) is 1.80. The number of hydrogen-bond acceptors (Lipinski definition) is 4. The molecule has 6 nitrogen and oxygen atoms in total. The van der Waals surface area contributed by atoms with Crippen molar-refractivity contribution < 1.29 is 10.2 Å². The van der Waals surface area contributed by atoms with Crippen LogP contribution in [0.5, 0.6) is 5.75 Å². The second kappa shape index (κ2) is 4.06. The molecule has 1 aromatic heterocycles. The zero-order valence-corrected chi connectivity index (χ0v) is 9.25. The number of aliphatic hydroxyl groups is 1. The van der Waals surface area contributed by atoms with E-state index >= 15 is 0 Å². The van der Waals surface area contributed by atoms with E-state index in [1.165, 1.54) is 29.8 Å². The molecule has 17 heavy (non-hydrogen) atoms. The third kappa shape index (κ3) is 1.72. The first-order chi connectivity index (χ1) is 8.06. The minimum Gasteiger partial charge on any atom is -0.508 e. The Kier molecular flexibility index (Phi) is 2.72. The van der Waals surface area contributed by atoms with Crippen molar-refractivity contribution in [2.75, 3.05) is 6.61 Å². The fraction of sp³-hybridized carbons (Fsp3) is 0.273. The summed E-state index contributed by atoms with van der Waals surface area (Å²) in [6.45, 7) is -0.351. The van der Waals surface area contributed by atoms with Gasteiger partial charge in [0.2, 0.25) is 0 Å². The number of rotatable bonds is 2. The van der Waals surface area contributed by atoms with Crippen molar-refractivity contribution in [2.45, 2.75) is 6.54 Å². The van der Waals surface area contributed by atoms with Crippen LogP contribution < -0.4 is 11.2 Å². The number of aryl methyl sites for hydroxylation is 1. The zero-order chi connectivity index (χ0) is 12.6. The normalized spacial score (nSPS) is 10.9. The van der Waals surface area contributed by atoms with E-state index in [9.17, 15) is 14.7 Å². The summed E-state index contributed by atoms with van der Waals surface area (Å²) in [6.07, 6.45) is 0. The zero-order valence-electron chi connectivity index (χ0n) is 9.25. The molecule has 0 saturated heterocycles. The van der Waals surface area contributed by atoms with Gasteiger partial charge in [0.25, 0.3) is 5.56 Å². The van der Waals surface area contributed by atoms with Crippen LogP contribution in [0.15, 0.2) is 27.8 Å². The van der Waals surface area contributed by atoms with E-state index in [2.05, 4.69) is 0 Å². The molecule has 2 N–H and O–H groups in total. The SMILES string of the molecule is Cn1c(=O)n(CCO)c(=O)c2cc(O)ccc21. The van der Waals surface area contributed by atoms with E-state index in [-0.39, 0.29) is 24.3 Å². The predicted octanol–water partition coefficient (Wildman–Crippen LogP) is -0.602. The maximum absolute atomic E-state index is 12.0. The van der Waals surface area contributed by atoms with Gasteiger partial charge >= 0.3 is 5.69 Å². The highest BCUT2D eigenvalue weighted by Crippen LogP contribution is 2.14. The lowest BCUT2D eigenvalue weighted by atomic mass is 10.2. The van der Waals surface area contributed by atoms with Crippen LogP contribution in [-0.2, 0) is 13.6 Å². The van der Waals surface area contributed by atoms with Crippen molar-refractivity contribution in [1.82, 2.24) is 9.13 Å². The Morgan fingerprint density at radius 3 is 2.65 bits per heavy atom. The van der Waals surface area contributed by atoms with E-state index in [0.717, 1.165) is 4.57 Å². The molecule has 0 radical (unpaired) electrons. The van der Waals surface area contributed by atoms with Crippen LogP contribution in [0.3, 0.4) is 0 Å². The van der Waals surface area contributed by atoms with Gasteiger partial charge in [0, 0.05) is 7.05 Å². The molecule has 1 heterocycles. The minimum atomic E-state index is -0.506. The molecule has 0 spiro atoms. The first kappa shape index (κ1) is 11.4. The molecule has 0 fully saturated rings. The van der Waals surface area contributed by atoms with E-state index in [0.29, 0.717) is 5.52 Å². The summed E-state index contributed by atoms with van der Waals surface area (Å²) in [6, 6.07) is 4.24. The predicted molar refractivity (Wildman–Crippen MR) is 62.2 cm³/mol. The Labute approximate surface area is 96.0 Å². The van der Waals surface area contributed by atoms with Crippen LogP contribution in [-0.4, -0.2) is 26.0 Å². The average Bonchev–Trinajstić information content (AvgIpc) is 2.32. The maximum atomic E-state index is 12.0. The van der Waals surface area contributed by atoms with Gasteiger partial charge in [-0.05, 0) is 18.2 Å². The number of aromatic hydroxyl groups is 1. The highest BCUT2D eigenvalue weighted by molar-refractivity contribution is 5.79. The molecule has 0 bridgehead atoms. The lowest BCUT2D eigenvalue weighted by molar-refractivity contribution is 0.271. The third-order valence-electron chi connectivity index (χ3n) is 2.66. The highest BCUT2D eigenvalue weighted by Gasteiger charge is 2.10. The van der Waals surface area contributed by atoms with Crippen LogP contribution in [0.1, 0.15) is 0 Å². The molecule has 0 amide bonds. The Morgan fingerprint density at radius 1 is 1.29 bits per heavy atom. The van der Waals surface area contributed by atoms with E-state index in [1.807, 2.05) is 0 Å². The van der Waals surface area contributed by atoms with Crippen LogP contribution in [0.25, 0.3) is 10.9 Å². The van der Waals surface area contributed by atoms with Gasteiger partial charge in [-0.3, -0.25) is 13.9 Å². The summed E-state index contributed by atoms with van der Waals surface area (Å²) < 4.78 is 2.26. The van der Waals surface area contributed by atoms with Gasteiger partial charge in [0.1, 0.15) is 5.75 Å². The molecule has 0 aliphatic carbocycles. The quantitative estimate of drug-likeness (QED) is 0.729. The summed E-state index contributed by atoms with van der Waals surface area (Å²) in [4.78, 5) is 23.8. The number of benzene rings is 1. The van der Waals surface area contributed by atoms with Crippen molar-refractivity contribution in [3.8, 4) is 5.75 Å². The lowest BCUT2D eigenvalue weighted by Crippen LogP contribution is -2.39. The second-order valence-electron chi connectivity index (χ2n) is 3.72. The van der Waals surface area contributed by atoms with Crippen LogP contribution in [0.4, 0.5) is 0 Å². The summed E-state index contributed by atoms with van der Waals surface area (Å²) in [5, 5.41) is 18.4. The number of phenols is 1. The smallest absolute Gasteiger partial charge is 0.331 e. The number of aromatic nitrogens is 2. The number of aliphatic hydroxyl groups excluding tert-OH is 1. The molecule has 0 aliphatic rings. The van der Waals surface area contributed by atoms with Crippen LogP contribution in [0, 0.1) is 0 Å². The van der Waals surface area contributed by atoms with Crippen molar-refractivity contribution in [3.63, 3.8) is 0 Å². The first-order valence-electron chi connectivity index (χ1n) is 5.09. The molecular formula is C11H12N2O4. The summed E-state index contributed by atoms with van der Waals surface area (Å²) in [5.74, 6) is -0.0382. The molecule has 2 rings (SSSR count). The topological polar surface area (TPSA) is 84.5 Å². The van der Waals surface area contributed by atoms with Crippen molar-refractivity contribution in [1.29, 1.82) is 0 Å². The van der Waals surface area contributed by atoms with Crippen molar-refractivity contribution in [2.24, 2.45) is 7.05 Å². The van der Waals surface area contributed by atoms with E-state index in [1.54, 1.807) is 0 Å². The van der Waals surface area contributed by atoms with Crippen LogP contribution >= 0.6 is 0 Å². The van der Waals surface area contributed by atoms with Gasteiger partial charge in [-0.15, -0.1) is 0 Å². The molecule has 6 heteroatoms. The Balaban J connectivity index is 2.96. The average molecular weight is 236 g/mol.